The van der Waals surface area contributed by atoms with E-state index in [9.17, 15) is 9.90 Å². The molecular weight excluding hydrogens is 490 g/mol. The number of benzene rings is 1. The maximum Gasteiger partial charge on any atom is 0.325 e. The molecule has 39 heavy (non-hydrogen) atoms. The normalized spacial score (nSPS) is 24.6. The lowest BCUT2D eigenvalue weighted by molar-refractivity contribution is -0.144. The molecule has 2 aromatic rings. The number of aryl methyl sites for hydroxylation is 2. The molecule has 2 aliphatic heterocycles. The van der Waals surface area contributed by atoms with Crippen molar-refractivity contribution in [2.45, 2.75) is 96.4 Å². The van der Waals surface area contributed by atoms with Gasteiger partial charge in [-0.3, -0.25) is 9.69 Å². The summed E-state index contributed by atoms with van der Waals surface area (Å²) in [5, 5.41) is 13.8. The highest BCUT2D eigenvalue weighted by Crippen LogP contribution is 2.44. The first-order valence-electron chi connectivity index (χ1n) is 14.7. The fourth-order valence-electron chi connectivity index (χ4n) is 6.90. The van der Waals surface area contributed by atoms with Gasteiger partial charge >= 0.3 is 5.97 Å². The molecule has 0 radical (unpaired) electrons. The Bertz CT molecular complexity index is 1170. The highest BCUT2D eigenvalue weighted by molar-refractivity contribution is 5.76. The number of aliphatic carboxylic acids is 1. The molecule has 2 N–H and O–H groups in total. The van der Waals surface area contributed by atoms with E-state index in [0.29, 0.717) is 13.2 Å². The van der Waals surface area contributed by atoms with E-state index in [-0.39, 0.29) is 23.5 Å². The number of likely N-dealkylation sites (N-methyl/N-ethyl adjacent to an activating group) is 1. The van der Waals surface area contributed by atoms with Crippen LogP contribution in [0.5, 0.6) is 0 Å². The predicted octanol–water partition coefficient (Wildman–Crippen LogP) is 5.73. The van der Waals surface area contributed by atoms with Crippen LogP contribution < -0.4 is 5.32 Å². The van der Waals surface area contributed by atoms with Crippen LogP contribution in [0, 0.1) is 5.41 Å². The summed E-state index contributed by atoms with van der Waals surface area (Å²) in [6, 6.07) is 9.89. The van der Waals surface area contributed by atoms with Gasteiger partial charge in [-0.25, -0.2) is 4.98 Å². The third kappa shape index (κ3) is 6.16. The van der Waals surface area contributed by atoms with Gasteiger partial charge in [-0.05, 0) is 85.7 Å². The van der Waals surface area contributed by atoms with Crippen LogP contribution >= 0.6 is 0 Å². The monoisotopic (exact) mass is 535 g/mol. The van der Waals surface area contributed by atoms with Crippen LogP contribution in [0.1, 0.15) is 92.8 Å². The van der Waals surface area contributed by atoms with E-state index in [1.54, 1.807) is 0 Å². The highest BCUT2D eigenvalue weighted by Gasteiger charge is 2.45. The lowest BCUT2D eigenvalue weighted by Gasteiger charge is -2.35. The average Bonchev–Trinajstić information content (AvgIpc) is 3.22. The number of nitrogens with zero attached hydrogens (tertiary/aromatic N) is 2. The highest BCUT2D eigenvalue weighted by atomic mass is 16.5. The van der Waals surface area contributed by atoms with E-state index < -0.39 is 12.0 Å². The van der Waals surface area contributed by atoms with Crippen molar-refractivity contribution in [2.24, 2.45) is 5.41 Å². The quantitative estimate of drug-likeness (QED) is 0.376. The van der Waals surface area contributed by atoms with Gasteiger partial charge in [0.2, 0.25) is 0 Å². The van der Waals surface area contributed by atoms with Gasteiger partial charge in [0.1, 0.15) is 11.9 Å². The summed E-state index contributed by atoms with van der Waals surface area (Å²) in [4.78, 5) is 19.6. The van der Waals surface area contributed by atoms with Crippen LogP contribution in [0.2, 0.25) is 0 Å². The summed E-state index contributed by atoms with van der Waals surface area (Å²) in [6.07, 6.45) is 7.17. The predicted molar refractivity (Wildman–Crippen MR) is 153 cm³/mol. The second kappa shape index (κ2) is 11.9. The molecule has 5 rings (SSSR count). The summed E-state index contributed by atoms with van der Waals surface area (Å²) in [5.74, 6) is 0.457. The number of pyridine rings is 1. The number of hydrogen-bond acceptors (Lipinski definition) is 6. The Morgan fingerprint density at radius 3 is 2.92 bits per heavy atom. The number of fused-ring (bicyclic) bond motifs is 2. The Morgan fingerprint density at radius 2 is 2.10 bits per heavy atom. The molecule has 3 heterocycles. The Labute approximate surface area is 233 Å². The van der Waals surface area contributed by atoms with Crippen molar-refractivity contribution in [3.63, 3.8) is 0 Å². The number of ether oxygens (including phenoxy) is 2. The van der Waals surface area contributed by atoms with Gasteiger partial charge in [-0.15, -0.1) is 0 Å². The number of unbranched alkanes of at least 4 members (excludes halogenated alkanes) is 1. The van der Waals surface area contributed by atoms with Crippen LogP contribution in [0.15, 0.2) is 30.3 Å². The van der Waals surface area contributed by atoms with E-state index in [2.05, 4.69) is 49.2 Å². The third-order valence-corrected chi connectivity index (χ3v) is 9.08. The molecule has 7 heteroatoms. The van der Waals surface area contributed by atoms with Gasteiger partial charge in [0, 0.05) is 30.8 Å². The van der Waals surface area contributed by atoms with E-state index in [4.69, 9.17) is 14.5 Å². The average molecular weight is 536 g/mol. The van der Waals surface area contributed by atoms with Crippen molar-refractivity contribution >= 4 is 11.8 Å². The van der Waals surface area contributed by atoms with Crippen molar-refractivity contribution in [1.82, 2.24) is 9.88 Å². The van der Waals surface area contributed by atoms with E-state index in [1.807, 2.05) is 19.2 Å². The molecule has 0 spiro atoms. The molecule has 212 valence electrons. The van der Waals surface area contributed by atoms with Crippen LogP contribution in [-0.4, -0.2) is 59.9 Å². The van der Waals surface area contributed by atoms with Crippen molar-refractivity contribution in [3.8, 4) is 0 Å². The van der Waals surface area contributed by atoms with Gasteiger partial charge in [-0.2, -0.15) is 0 Å². The van der Waals surface area contributed by atoms with Gasteiger partial charge in [0.25, 0.3) is 0 Å². The van der Waals surface area contributed by atoms with Crippen LogP contribution in [-0.2, 0) is 33.7 Å². The molecule has 1 saturated carbocycles. The molecule has 1 aromatic carbocycles. The Morgan fingerprint density at radius 1 is 1.26 bits per heavy atom. The third-order valence-electron chi connectivity index (χ3n) is 9.08. The zero-order valence-electron chi connectivity index (χ0n) is 24.0. The Balaban J connectivity index is 1.17. The second-order valence-corrected chi connectivity index (χ2v) is 12.5. The number of anilines is 1. The van der Waals surface area contributed by atoms with E-state index in [1.165, 1.54) is 12.0 Å². The lowest BCUT2D eigenvalue weighted by Crippen LogP contribution is -2.39. The minimum absolute atomic E-state index is 0.00898. The minimum Gasteiger partial charge on any atom is -0.480 e. The number of aromatic nitrogens is 1. The van der Waals surface area contributed by atoms with E-state index >= 15 is 0 Å². The van der Waals surface area contributed by atoms with Gasteiger partial charge in [-0.1, -0.05) is 45.0 Å². The molecule has 4 atom stereocenters. The SMILES string of the molecule is C[C@@H]1COCc2cccc([C@@H](C(=O)O)N(C)[C@@H]3C[C@@H](OCCCCc4ccc5c(n4)NCCC5)C(C)(C)C3)c21. The summed E-state index contributed by atoms with van der Waals surface area (Å²) >= 11 is 0. The van der Waals surface area contributed by atoms with Gasteiger partial charge in [0.05, 0.1) is 19.3 Å². The molecular formula is C32H45N3O4. The first kappa shape index (κ1) is 28.1. The summed E-state index contributed by atoms with van der Waals surface area (Å²) in [6.45, 7) is 9.56. The maximum atomic E-state index is 12.7. The standard InChI is InChI=1S/C32H45N3O4/c1-21-19-38-20-23-9-7-12-26(28(21)23)29(31(36)37)35(4)25-17-27(32(2,3)18-25)39-16-6-5-11-24-14-13-22-10-8-15-33-30(22)34-24/h7,9,12-14,21,25,27,29H,5-6,8,10-11,15-20H2,1-4H3,(H,33,34)(H,36,37)/t21-,25-,27-,29+/m1/s1. The van der Waals surface area contributed by atoms with E-state index in [0.717, 1.165) is 79.9 Å². The molecule has 0 bridgehead atoms. The zero-order valence-corrected chi connectivity index (χ0v) is 24.0. The fraction of sp³-hybridized carbons (Fsp3) is 0.625. The molecule has 3 aliphatic rings. The minimum atomic E-state index is -0.794. The van der Waals surface area contributed by atoms with Crippen molar-refractivity contribution in [2.75, 3.05) is 32.1 Å². The Kier molecular flexibility index (Phi) is 8.60. The number of nitrogens with one attached hydrogen (secondary N) is 1. The molecule has 1 fully saturated rings. The number of carboxylic acid groups (broad SMARTS) is 1. The van der Waals surface area contributed by atoms with Crippen molar-refractivity contribution in [3.05, 3.63) is 58.3 Å². The molecule has 1 aliphatic carbocycles. The largest absolute Gasteiger partial charge is 0.480 e. The van der Waals surface area contributed by atoms with Crippen molar-refractivity contribution in [1.29, 1.82) is 0 Å². The topological polar surface area (TPSA) is 83.9 Å². The number of rotatable bonds is 10. The first-order chi connectivity index (χ1) is 18.7. The molecule has 7 nitrogen and oxygen atoms in total. The van der Waals surface area contributed by atoms with Crippen LogP contribution in [0.3, 0.4) is 0 Å². The molecule has 1 aromatic heterocycles. The summed E-state index contributed by atoms with van der Waals surface area (Å²) in [7, 11) is 1.98. The number of carbonyl (C=O) groups is 1. The number of carboxylic acids is 1. The summed E-state index contributed by atoms with van der Waals surface area (Å²) < 4.78 is 12.2. The second-order valence-electron chi connectivity index (χ2n) is 12.5. The molecule has 0 saturated heterocycles. The molecule has 0 amide bonds. The molecule has 0 unspecified atom stereocenters. The maximum absolute atomic E-state index is 12.7. The van der Waals surface area contributed by atoms with Crippen molar-refractivity contribution < 1.29 is 19.4 Å². The summed E-state index contributed by atoms with van der Waals surface area (Å²) in [5.41, 5.74) is 5.64. The Hall–Kier alpha value is -2.48. The van der Waals surface area contributed by atoms with Gasteiger partial charge in [0.15, 0.2) is 0 Å². The lowest BCUT2D eigenvalue weighted by atomic mass is 9.85. The fourth-order valence-corrected chi connectivity index (χ4v) is 6.90. The smallest absolute Gasteiger partial charge is 0.325 e. The van der Waals surface area contributed by atoms with Crippen LogP contribution in [0.4, 0.5) is 5.82 Å². The first-order valence-corrected chi connectivity index (χ1v) is 14.7. The number of hydrogen-bond donors (Lipinski definition) is 2. The zero-order chi connectivity index (χ0) is 27.6. The van der Waals surface area contributed by atoms with Crippen LogP contribution in [0.25, 0.3) is 0 Å². The van der Waals surface area contributed by atoms with Gasteiger partial charge < -0.3 is 19.9 Å².